The van der Waals surface area contributed by atoms with E-state index in [1.807, 2.05) is 0 Å². The van der Waals surface area contributed by atoms with Gasteiger partial charge in [-0.2, -0.15) is 5.10 Å². The number of nitro benzene ring substituents is 2. The zero-order valence-electron chi connectivity index (χ0n) is 11.5. The van der Waals surface area contributed by atoms with Crippen LogP contribution in [0.25, 0.3) is 0 Å². The van der Waals surface area contributed by atoms with Gasteiger partial charge >= 0.3 is 5.69 Å². The maximum atomic E-state index is 10.9. The highest BCUT2D eigenvalue weighted by atomic mass is 16.6. The maximum Gasteiger partial charge on any atom is 0.301 e. The Balaban J connectivity index is 2.92. The van der Waals surface area contributed by atoms with Crippen LogP contribution in [-0.4, -0.2) is 21.3 Å². The van der Waals surface area contributed by atoms with E-state index >= 15 is 0 Å². The molecule has 0 radical (unpaired) electrons. The van der Waals surface area contributed by atoms with Gasteiger partial charge in [-0.25, -0.2) is 0 Å². The van der Waals surface area contributed by atoms with Crippen molar-refractivity contribution in [2.75, 3.05) is 5.43 Å². The van der Waals surface area contributed by atoms with Gasteiger partial charge in [-0.1, -0.05) is 0 Å². The molecule has 0 saturated carbocycles. The molecule has 0 fully saturated rings. The van der Waals surface area contributed by atoms with Crippen LogP contribution in [0.1, 0.15) is 26.7 Å². The van der Waals surface area contributed by atoms with E-state index in [2.05, 4.69) is 10.5 Å². The lowest BCUT2D eigenvalue weighted by Crippen LogP contribution is -2.03. The molecule has 9 heteroatoms. The van der Waals surface area contributed by atoms with Gasteiger partial charge in [0.05, 0.1) is 15.9 Å². The second-order valence-electron chi connectivity index (χ2n) is 4.38. The molecular formula is C12H14N4O5. The molecule has 112 valence electrons. The molecular weight excluding hydrogens is 280 g/mol. The number of non-ortho nitro benzene ring substituents is 1. The number of hydrogen-bond acceptors (Lipinski definition) is 7. The first-order valence-corrected chi connectivity index (χ1v) is 6.02. The van der Waals surface area contributed by atoms with Gasteiger partial charge in [-0.05, 0) is 26.3 Å². The van der Waals surface area contributed by atoms with Crippen LogP contribution in [0.2, 0.25) is 0 Å². The molecule has 9 nitrogen and oxygen atoms in total. The Morgan fingerprint density at radius 2 is 1.86 bits per heavy atom. The van der Waals surface area contributed by atoms with Crippen molar-refractivity contribution in [2.24, 2.45) is 5.10 Å². The standard InChI is InChI=1S/C12H14N4O5/c1-8(3-4-9(2)17)13-14-11-6-5-10(15(18)19)7-12(11)16(20)21/h5-7,14H,3-4H2,1-2H3. The molecule has 0 spiro atoms. The summed E-state index contributed by atoms with van der Waals surface area (Å²) in [4.78, 5) is 30.9. The first-order valence-electron chi connectivity index (χ1n) is 6.02. The normalized spacial score (nSPS) is 11.0. The highest BCUT2D eigenvalue weighted by Gasteiger charge is 2.19. The van der Waals surface area contributed by atoms with E-state index in [0.29, 0.717) is 18.6 Å². The van der Waals surface area contributed by atoms with E-state index < -0.39 is 15.5 Å². The fourth-order valence-electron chi connectivity index (χ4n) is 1.45. The molecule has 0 amide bonds. The Labute approximate surface area is 120 Å². The van der Waals surface area contributed by atoms with E-state index in [1.165, 1.54) is 13.0 Å². The molecule has 0 saturated heterocycles. The number of rotatable bonds is 7. The van der Waals surface area contributed by atoms with Gasteiger partial charge in [-0.15, -0.1) is 0 Å². The number of nitrogens with one attached hydrogen (secondary N) is 1. The van der Waals surface area contributed by atoms with Crippen molar-refractivity contribution in [2.45, 2.75) is 26.7 Å². The number of hydrogen-bond donors (Lipinski definition) is 1. The zero-order valence-corrected chi connectivity index (χ0v) is 11.5. The van der Waals surface area contributed by atoms with Crippen LogP contribution in [0.3, 0.4) is 0 Å². The second-order valence-corrected chi connectivity index (χ2v) is 4.38. The summed E-state index contributed by atoms with van der Waals surface area (Å²) in [6.07, 6.45) is 0.766. The molecule has 0 aromatic heterocycles. The molecule has 0 unspecified atom stereocenters. The lowest BCUT2D eigenvalue weighted by atomic mass is 10.2. The van der Waals surface area contributed by atoms with Crippen LogP contribution in [0.15, 0.2) is 23.3 Å². The molecule has 1 aromatic rings. The zero-order chi connectivity index (χ0) is 16.0. The lowest BCUT2D eigenvalue weighted by Gasteiger charge is -2.04. The molecule has 0 heterocycles. The summed E-state index contributed by atoms with van der Waals surface area (Å²) in [7, 11) is 0. The monoisotopic (exact) mass is 294 g/mol. The van der Waals surface area contributed by atoms with Gasteiger partial charge in [0, 0.05) is 18.2 Å². The Morgan fingerprint density at radius 1 is 1.19 bits per heavy atom. The lowest BCUT2D eigenvalue weighted by molar-refractivity contribution is -0.393. The Hall–Kier alpha value is -2.84. The predicted molar refractivity (Wildman–Crippen MR) is 76.4 cm³/mol. The molecule has 1 aromatic carbocycles. The minimum Gasteiger partial charge on any atom is -0.300 e. The Kier molecular flexibility index (Phi) is 5.47. The maximum absolute atomic E-state index is 10.9. The van der Waals surface area contributed by atoms with Crippen LogP contribution in [0, 0.1) is 20.2 Å². The Bertz CT molecular complexity index is 612. The topological polar surface area (TPSA) is 128 Å². The average molecular weight is 294 g/mol. The molecule has 0 bridgehead atoms. The van der Waals surface area contributed by atoms with E-state index in [-0.39, 0.29) is 17.2 Å². The van der Waals surface area contributed by atoms with Crippen molar-refractivity contribution in [3.05, 3.63) is 38.4 Å². The number of benzene rings is 1. The fourth-order valence-corrected chi connectivity index (χ4v) is 1.45. The molecule has 0 aliphatic carbocycles. The SMILES string of the molecule is CC(=O)CCC(C)=NNc1ccc([N+](=O)[O-])cc1[N+](=O)[O-]. The first-order chi connectivity index (χ1) is 9.81. The van der Waals surface area contributed by atoms with Gasteiger partial charge in [0.25, 0.3) is 5.69 Å². The number of anilines is 1. The number of hydrazone groups is 1. The summed E-state index contributed by atoms with van der Waals surface area (Å²) in [6, 6.07) is 3.23. The van der Waals surface area contributed by atoms with Crippen LogP contribution < -0.4 is 5.43 Å². The number of carbonyl (C=O) groups is 1. The van der Waals surface area contributed by atoms with Crippen LogP contribution in [0.4, 0.5) is 17.1 Å². The van der Waals surface area contributed by atoms with Gasteiger partial charge in [0.15, 0.2) is 0 Å². The molecule has 21 heavy (non-hydrogen) atoms. The second kappa shape index (κ2) is 7.08. The average Bonchev–Trinajstić information content (AvgIpc) is 2.42. The summed E-state index contributed by atoms with van der Waals surface area (Å²) in [5.74, 6) is 0.0193. The number of carbonyl (C=O) groups excluding carboxylic acids is 1. The van der Waals surface area contributed by atoms with E-state index in [9.17, 15) is 25.0 Å². The van der Waals surface area contributed by atoms with E-state index in [1.54, 1.807) is 6.92 Å². The van der Waals surface area contributed by atoms with Crippen molar-refractivity contribution >= 4 is 28.6 Å². The smallest absolute Gasteiger partial charge is 0.300 e. The third kappa shape index (κ3) is 4.97. The third-order valence-electron chi connectivity index (χ3n) is 2.59. The highest BCUT2D eigenvalue weighted by molar-refractivity contribution is 5.87. The van der Waals surface area contributed by atoms with Gasteiger partial charge in [-0.3, -0.25) is 25.7 Å². The third-order valence-corrected chi connectivity index (χ3v) is 2.59. The van der Waals surface area contributed by atoms with Gasteiger partial charge in [0.1, 0.15) is 11.5 Å². The number of nitrogens with zero attached hydrogens (tertiary/aromatic N) is 3. The minimum atomic E-state index is -0.726. The van der Waals surface area contributed by atoms with Gasteiger partial charge < -0.3 is 4.79 Å². The van der Waals surface area contributed by atoms with E-state index in [4.69, 9.17) is 0 Å². The predicted octanol–water partition coefficient (Wildman–Crippen LogP) is 2.66. The highest BCUT2D eigenvalue weighted by Crippen LogP contribution is 2.28. The quantitative estimate of drug-likeness (QED) is 0.467. The van der Waals surface area contributed by atoms with Crippen LogP contribution in [0.5, 0.6) is 0 Å². The van der Waals surface area contributed by atoms with Crippen molar-refractivity contribution in [1.29, 1.82) is 0 Å². The van der Waals surface area contributed by atoms with Crippen LogP contribution >= 0.6 is 0 Å². The molecule has 0 atom stereocenters. The van der Waals surface area contributed by atoms with Crippen molar-refractivity contribution in [3.63, 3.8) is 0 Å². The Morgan fingerprint density at radius 3 is 2.38 bits per heavy atom. The summed E-state index contributed by atoms with van der Waals surface area (Å²) in [5, 5.41) is 25.4. The van der Waals surface area contributed by atoms with Crippen LogP contribution in [-0.2, 0) is 4.79 Å². The number of Topliss-reactive ketones (excluding diaryl/α,β-unsaturated/α-hetero) is 1. The fraction of sp³-hybridized carbons (Fsp3) is 0.333. The summed E-state index contributed by atoms with van der Waals surface area (Å²) >= 11 is 0. The van der Waals surface area contributed by atoms with Crippen molar-refractivity contribution in [3.8, 4) is 0 Å². The first kappa shape index (κ1) is 16.2. The molecule has 0 aliphatic rings. The molecule has 1 rings (SSSR count). The van der Waals surface area contributed by atoms with Crippen molar-refractivity contribution < 1.29 is 14.6 Å². The molecule has 1 N–H and O–H groups in total. The molecule has 0 aliphatic heterocycles. The largest absolute Gasteiger partial charge is 0.301 e. The minimum absolute atomic E-state index is 0.0193. The summed E-state index contributed by atoms with van der Waals surface area (Å²) < 4.78 is 0. The summed E-state index contributed by atoms with van der Waals surface area (Å²) in [5.41, 5.74) is 2.33. The summed E-state index contributed by atoms with van der Waals surface area (Å²) in [6.45, 7) is 3.13. The van der Waals surface area contributed by atoms with Gasteiger partial charge in [0.2, 0.25) is 0 Å². The number of nitro groups is 2. The van der Waals surface area contributed by atoms with Crippen molar-refractivity contribution in [1.82, 2.24) is 0 Å². The number of ketones is 1. The van der Waals surface area contributed by atoms with E-state index in [0.717, 1.165) is 12.1 Å².